The maximum atomic E-state index is 10.6. The summed E-state index contributed by atoms with van der Waals surface area (Å²) in [7, 11) is 0. The van der Waals surface area contributed by atoms with Gasteiger partial charge in [-0.3, -0.25) is 10.1 Å². The predicted molar refractivity (Wildman–Crippen MR) is 62.9 cm³/mol. The summed E-state index contributed by atoms with van der Waals surface area (Å²) in [6.07, 6.45) is 1.96. The van der Waals surface area contributed by atoms with Gasteiger partial charge < -0.3 is 5.73 Å². The lowest BCUT2D eigenvalue weighted by molar-refractivity contribution is -0.384. The molecule has 1 rings (SSSR count). The Morgan fingerprint density at radius 1 is 1.60 bits per heavy atom. The van der Waals surface area contributed by atoms with Gasteiger partial charge in [0, 0.05) is 23.9 Å². The van der Waals surface area contributed by atoms with E-state index in [0.717, 1.165) is 16.9 Å². The Balaban J connectivity index is 3.14. The summed E-state index contributed by atoms with van der Waals surface area (Å²) in [5.74, 6) is 0.749. The molecule has 0 amide bonds. The molecule has 0 fully saturated rings. The Bertz CT molecular complexity index is 366. The maximum Gasteiger partial charge on any atom is 0.269 e. The fraction of sp³-hybridized carbons (Fsp3) is 0.400. The first-order valence-corrected chi connectivity index (χ1v) is 5.97. The highest BCUT2D eigenvalue weighted by atomic mass is 32.2. The van der Waals surface area contributed by atoms with E-state index in [1.165, 1.54) is 6.07 Å². The molecule has 0 saturated heterocycles. The first kappa shape index (κ1) is 12.0. The molecule has 0 heterocycles. The van der Waals surface area contributed by atoms with Crippen LogP contribution in [0.5, 0.6) is 0 Å². The van der Waals surface area contributed by atoms with Gasteiger partial charge in [-0.15, -0.1) is 0 Å². The molecular weight excluding hydrogens is 212 g/mol. The van der Waals surface area contributed by atoms with Gasteiger partial charge in [0.05, 0.1) is 4.92 Å². The van der Waals surface area contributed by atoms with Gasteiger partial charge in [0.15, 0.2) is 0 Å². The van der Waals surface area contributed by atoms with Crippen molar-refractivity contribution in [1.29, 1.82) is 0 Å². The molecule has 0 bridgehead atoms. The Morgan fingerprint density at radius 3 is 2.73 bits per heavy atom. The molecular formula is C10H14N2O2S. The Morgan fingerprint density at radius 2 is 2.27 bits per heavy atom. The molecule has 1 atom stereocenters. The van der Waals surface area contributed by atoms with Crippen molar-refractivity contribution in [3.8, 4) is 0 Å². The van der Waals surface area contributed by atoms with Crippen LogP contribution < -0.4 is 5.73 Å². The van der Waals surface area contributed by atoms with Gasteiger partial charge >= 0.3 is 0 Å². The van der Waals surface area contributed by atoms with Gasteiger partial charge in [-0.2, -0.15) is 11.8 Å². The summed E-state index contributed by atoms with van der Waals surface area (Å²) >= 11 is 1.63. The Hall–Kier alpha value is -1.07. The smallest absolute Gasteiger partial charge is 0.269 e. The van der Waals surface area contributed by atoms with Crippen molar-refractivity contribution in [1.82, 2.24) is 0 Å². The van der Waals surface area contributed by atoms with E-state index < -0.39 is 0 Å². The molecule has 0 aliphatic heterocycles. The molecule has 2 N–H and O–H groups in total. The minimum Gasteiger partial charge on any atom is -0.324 e. The molecule has 5 heteroatoms. The van der Waals surface area contributed by atoms with E-state index in [-0.39, 0.29) is 16.7 Å². The average molecular weight is 226 g/mol. The largest absolute Gasteiger partial charge is 0.324 e. The summed E-state index contributed by atoms with van der Waals surface area (Å²) in [5.41, 5.74) is 7.85. The number of rotatable bonds is 4. The molecule has 0 aromatic heterocycles. The van der Waals surface area contributed by atoms with Gasteiger partial charge in [0.1, 0.15) is 0 Å². The van der Waals surface area contributed by atoms with E-state index in [1.54, 1.807) is 23.9 Å². The highest BCUT2D eigenvalue weighted by molar-refractivity contribution is 7.97. The predicted octanol–water partition coefficient (Wildman–Crippen LogP) is 2.48. The van der Waals surface area contributed by atoms with E-state index in [9.17, 15) is 10.1 Å². The normalized spacial score (nSPS) is 12.5. The molecule has 15 heavy (non-hydrogen) atoms. The number of nitrogens with two attached hydrogens (primary N) is 1. The zero-order valence-corrected chi connectivity index (χ0v) is 9.58. The minimum absolute atomic E-state index is 0.0899. The van der Waals surface area contributed by atoms with Crippen molar-refractivity contribution in [2.45, 2.75) is 18.7 Å². The van der Waals surface area contributed by atoms with E-state index >= 15 is 0 Å². The second-order valence-corrected chi connectivity index (χ2v) is 4.23. The lowest BCUT2D eigenvalue weighted by atomic mass is 10.0. The molecule has 0 radical (unpaired) electrons. The summed E-state index contributed by atoms with van der Waals surface area (Å²) in [6.45, 7) is 1.88. The van der Waals surface area contributed by atoms with Crippen LogP contribution in [0, 0.1) is 10.1 Å². The first-order valence-electron chi connectivity index (χ1n) is 4.58. The van der Waals surface area contributed by atoms with Gasteiger partial charge in [0.2, 0.25) is 0 Å². The van der Waals surface area contributed by atoms with E-state index in [2.05, 4.69) is 0 Å². The molecule has 0 spiro atoms. The molecule has 0 saturated carbocycles. The van der Waals surface area contributed by atoms with Gasteiger partial charge in [-0.25, -0.2) is 0 Å². The lowest BCUT2D eigenvalue weighted by Gasteiger charge is -2.11. The number of non-ortho nitro benzene ring substituents is 1. The average Bonchev–Trinajstić information content (AvgIpc) is 2.17. The standard InChI is InChI=1S/C10H14N2O2S/c1-7(11)10-4-3-9(12(13)14)5-8(10)6-15-2/h3-5,7H,6,11H2,1-2H3/t7-/m1/s1. The number of hydrogen-bond acceptors (Lipinski definition) is 4. The van der Waals surface area contributed by atoms with Crippen molar-refractivity contribution >= 4 is 17.4 Å². The van der Waals surface area contributed by atoms with Crippen LogP contribution in [0.25, 0.3) is 0 Å². The van der Waals surface area contributed by atoms with E-state index in [1.807, 2.05) is 13.2 Å². The van der Waals surface area contributed by atoms with Crippen LogP contribution >= 0.6 is 11.8 Å². The molecule has 1 aromatic carbocycles. The zero-order valence-electron chi connectivity index (χ0n) is 8.77. The Labute approximate surface area is 93.0 Å². The topological polar surface area (TPSA) is 69.2 Å². The van der Waals surface area contributed by atoms with Gasteiger partial charge in [-0.05, 0) is 24.3 Å². The number of benzene rings is 1. The second-order valence-electron chi connectivity index (χ2n) is 3.36. The van der Waals surface area contributed by atoms with Gasteiger partial charge in [0.25, 0.3) is 5.69 Å². The highest BCUT2D eigenvalue weighted by Crippen LogP contribution is 2.24. The van der Waals surface area contributed by atoms with Crippen LogP contribution in [0.4, 0.5) is 5.69 Å². The number of nitrogens with zero attached hydrogens (tertiary/aromatic N) is 1. The van der Waals surface area contributed by atoms with Crippen LogP contribution in [0.2, 0.25) is 0 Å². The molecule has 1 aromatic rings. The van der Waals surface area contributed by atoms with Crippen LogP contribution in [-0.4, -0.2) is 11.2 Å². The van der Waals surface area contributed by atoms with E-state index in [0.29, 0.717) is 0 Å². The third kappa shape index (κ3) is 2.94. The molecule has 4 nitrogen and oxygen atoms in total. The first-order chi connectivity index (χ1) is 7.06. The quantitative estimate of drug-likeness (QED) is 0.632. The second kappa shape index (κ2) is 5.14. The van der Waals surface area contributed by atoms with Crippen molar-refractivity contribution in [3.05, 3.63) is 39.4 Å². The fourth-order valence-electron chi connectivity index (χ4n) is 1.43. The molecule has 0 aliphatic carbocycles. The minimum atomic E-state index is -0.380. The van der Waals surface area contributed by atoms with Crippen LogP contribution in [0.1, 0.15) is 24.1 Å². The van der Waals surface area contributed by atoms with Crippen LogP contribution in [0.15, 0.2) is 18.2 Å². The van der Waals surface area contributed by atoms with Crippen LogP contribution in [0.3, 0.4) is 0 Å². The number of thioether (sulfide) groups is 1. The third-order valence-corrected chi connectivity index (χ3v) is 2.73. The molecule has 0 aliphatic rings. The maximum absolute atomic E-state index is 10.6. The number of hydrogen-bond donors (Lipinski definition) is 1. The van der Waals surface area contributed by atoms with Crippen molar-refractivity contribution in [3.63, 3.8) is 0 Å². The van der Waals surface area contributed by atoms with Crippen molar-refractivity contribution < 1.29 is 4.92 Å². The summed E-state index contributed by atoms with van der Waals surface area (Å²) in [5, 5.41) is 10.6. The summed E-state index contributed by atoms with van der Waals surface area (Å²) < 4.78 is 0. The molecule has 0 unspecified atom stereocenters. The highest BCUT2D eigenvalue weighted by Gasteiger charge is 2.12. The Kier molecular flexibility index (Phi) is 4.11. The third-order valence-electron chi connectivity index (χ3n) is 2.13. The SMILES string of the molecule is CSCc1cc([N+](=O)[O-])ccc1[C@@H](C)N. The van der Waals surface area contributed by atoms with Crippen molar-refractivity contribution in [2.24, 2.45) is 5.73 Å². The van der Waals surface area contributed by atoms with Crippen LogP contribution in [-0.2, 0) is 5.75 Å². The summed E-state index contributed by atoms with van der Waals surface area (Å²) in [4.78, 5) is 10.2. The van der Waals surface area contributed by atoms with E-state index in [4.69, 9.17) is 5.73 Å². The summed E-state index contributed by atoms with van der Waals surface area (Å²) in [6, 6.07) is 4.76. The number of nitro groups is 1. The number of nitro benzene ring substituents is 1. The fourth-order valence-corrected chi connectivity index (χ4v) is 1.99. The lowest BCUT2D eigenvalue weighted by Crippen LogP contribution is -2.08. The molecule has 82 valence electrons. The van der Waals surface area contributed by atoms with Gasteiger partial charge in [-0.1, -0.05) is 6.07 Å². The monoisotopic (exact) mass is 226 g/mol. The van der Waals surface area contributed by atoms with Crippen molar-refractivity contribution in [2.75, 3.05) is 6.26 Å². The zero-order chi connectivity index (χ0) is 11.4.